The number of ether oxygens (including phenoxy) is 2. The summed E-state index contributed by atoms with van der Waals surface area (Å²) in [6.45, 7) is 1.69. The summed E-state index contributed by atoms with van der Waals surface area (Å²) in [7, 11) is 3.25. The lowest BCUT2D eigenvalue weighted by atomic mass is 9.87. The lowest BCUT2D eigenvalue weighted by Crippen LogP contribution is -2.39. The molecule has 0 aromatic heterocycles. The van der Waals surface area contributed by atoms with Crippen molar-refractivity contribution >= 4 is 11.6 Å². The van der Waals surface area contributed by atoms with E-state index in [2.05, 4.69) is 4.74 Å². The van der Waals surface area contributed by atoms with Crippen LogP contribution in [0.25, 0.3) is 0 Å². The smallest absolute Gasteiger partial charge is 0.201 e. The first-order chi connectivity index (χ1) is 19.3. The number of benzene rings is 4. The van der Waals surface area contributed by atoms with Gasteiger partial charge in [-0.2, -0.15) is 0 Å². The topological polar surface area (TPSA) is 113 Å². The van der Waals surface area contributed by atoms with Crippen LogP contribution in [0.2, 0.25) is 0 Å². The van der Waals surface area contributed by atoms with Crippen molar-refractivity contribution in [3.63, 3.8) is 0 Å². The van der Waals surface area contributed by atoms with Gasteiger partial charge in [-0.25, -0.2) is 0 Å². The number of Topliss-reactive ketones (excluding diaryl/α,β-unsaturated/α-hetero) is 2. The predicted molar refractivity (Wildman–Crippen MR) is 154 cm³/mol. The highest BCUT2D eigenvalue weighted by atomic mass is 16.5. The van der Waals surface area contributed by atoms with E-state index in [1.165, 1.54) is 0 Å². The van der Waals surface area contributed by atoms with Crippen LogP contribution < -0.4 is 4.74 Å². The molecule has 4 aromatic carbocycles. The maximum absolute atomic E-state index is 12.3. The Labute approximate surface area is 235 Å². The molecule has 7 nitrogen and oxygen atoms in total. The molecule has 0 fully saturated rings. The van der Waals surface area contributed by atoms with Gasteiger partial charge < -0.3 is 24.8 Å². The fourth-order valence-electron chi connectivity index (χ4n) is 3.72. The normalized spacial score (nSPS) is 12.3. The third-order valence-corrected chi connectivity index (χ3v) is 5.71. The minimum Gasteiger partial charge on any atom is -0.493 e. The number of hydrogen-bond acceptors (Lipinski definition) is 7. The van der Waals surface area contributed by atoms with Gasteiger partial charge in [-0.1, -0.05) is 103 Å². The molecule has 2 unspecified atom stereocenters. The molecule has 3 N–H and O–H groups in total. The van der Waals surface area contributed by atoms with E-state index in [1.807, 2.05) is 13.0 Å². The van der Waals surface area contributed by atoms with E-state index < -0.39 is 24.1 Å². The molecule has 0 saturated carbocycles. The van der Waals surface area contributed by atoms with Gasteiger partial charge in [-0.3, -0.25) is 9.59 Å². The van der Waals surface area contributed by atoms with Crippen molar-refractivity contribution < 1.29 is 34.4 Å². The van der Waals surface area contributed by atoms with Gasteiger partial charge in [0, 0.05) is 19.8 Å². The standard InChI is InChI=1S/C16H16O3.C15H14O3.C2H6O/c1-2-19-14-11-7-6-10-13(14)16(18)15(17)12-8-4-3-5-9-12;16-11-15(18,13-9-5-2-6-10-13)14(17)12-7-3-1-4-8-12;1-3-2/h3-11,15,17H,2H2,1H3;1-10,16,18H,11H2;1-2H3. The number of ketones is 2. The van der Waals surface area contributed by atoms with Crippen molar-refractivity contribution in [2.75, 3.05) is 27.4 Å². The number of rotatable bonds is 9. The van der Waals surface area contributed by atoms with Crippen molar-refractivity contribution in [2.24, 2.45) is 0 Å². The number of carbonyl (C=O) groups is 2. The highest BCUT2D eigenvalue weighted by Gasteiger charge is 2.37. The molecule has 0 aliphatic heterocycles. The quantitative estimate of drug-likeness (QED) is 0.254. The van der Waals surface area contributed by atoms with Crippen LogP contribution in [0.4, 0.5) is 0 Å². The van der Waals surface area contributed by atoms with E-state index >= 15 is 0 Å². The van der Waals surface area contributed by atoms with Crippen LogP contribution in [0.15, 0.2) is 115 Å². The van der Waals surface area contributed by atoms with Gasteiger partial charge in [0.15, 0.2) is 11.4 Å². The zero-order chi connectivity index (χ0) is 29.4. The summed E-state index contributed by atoms with van der Waals surface area (Å²) < 4.78 is 9.66. The molecule has 4 rings (SSSR count). The minimum atomic E-state index is -1.89. The monoisotopic (exact) mass is 544 g/mol. The minimum absolute atomic E-state index is 0.352. The first kappa shape index (κ1) is 32.1. The zero-order valence-corrected chi connectivity index (χ0v) is 22.9. The summed E-state index contributed by atoms with van der Waals surface area (Å²) in [4.78, 5) is 24.6. The fraction of sp³-hybridized carbons (Fsp3) is 0.212. The average Bonchev–Trinajstić information content (AvgIpc) is 3.02. The Hall–Kier alpha value is -4.14. The Balaban J connectivity index is 0.000000256. The van der Waals surface area contributed by atoms with Crippen LogP contribution in [0.1, 0.15) is 44.9 Å². The second-order valence-corrected chi connectivity index (χ2v) is 8.59. The van der Waals surface area contributed by atoms with Crippen molar-refractivity contribution in [3.05, 3.63) is 138 Å². The summed E-state index contributed by atoms with van der Waals surface area (Å²) >= 11 is 0. The number of hydrogen-bond donors (Lipinski definition) is 3. The first-order valence-corrected chi connectivity index (χ1v) is 12.7. The summed E-state index contributed by atoms with van der Waals surface area (Å²) in [5.74, 6) is -0.350. The second-order valence-electron chi connectivity index (χ2n) is 8.59. The molecule has 0 aliphatic rings. The van der Waals surface area contributed by atoms with E-state index in [9.17, 15) is 24.9 Å². The van der Waals surface area contributed by atoms with Crippen LogP contribution in [0, 0.1) is 0 Å². The second kappa shape index (κ2) is 16.7. The number of methoxy groups -OCH3 is 1. The molecule has 40 heavy (non-hydrogen) atoms. The molecular weight excluding hydrogens is 508 g/mol. The van der Waals surface area contributed by atoms with Gasteiger partial charge in [-0.15, -0.1) is 0 Å². The fourth-order valence-corrected chi connectivity index (χ4v) is 3.72. The van der Waals surface area contributed by atoms with Crippen molar-refractivity contribution in [1.29, 1.82) is 0 Å². The lowest BCUT2D eigenvalue weighted by Gasteiger charge is -2.24. The van der Waals surface area contributed by atoms with Gasteiger partial charge in [0.1, 0.15) is 11.9 Å². The first-order valence-electron chi connectivity index (χ1n) is 12.7. The highest BCUT2D eigenvalue weighted by molar-refractivity contribution is 6.03. The Bertz CT molecular complexity index is 1290. The molecule has 0 heterocycles. The molecular formula is C33H36O7. The number of aliphatic hydroxyl groups is 3. The van der Waals surface area contributed by atoms with E-state index in [4.69, 9.17) is 4.74 Å². The maximum Gasteiger partial charge on any atom is 0.201 e. The molecule has 0 saturated heterocycles. The van der Waals surface area contributed by atoms with E-state index in [0.29, 0.717) is 34.6 Å². The molecule has 0 radical (unpaired) electrons. The molecule has 0 bridgehead atoms. The Morgan fingerprint density at radius 2 is 1.25 bits per heavy atom. The maximum atomic E-state index is 12.3. The van der Waals surface area contributed by atoms with Crippen LogP contribution in [-0.4, -0.2) is 54.3 Å². The number of aliphatic hydroxyl groups excluding tert-OH is 2. The predicted octanol–water partition coefficient (Wildman–Crippen LogP) is 5.01. The molecule has 2 atom stereocenters. The van der Waals surface area contributed by atoms with E-state index in [0.717, 1.165) is 0 Å². The third-order valence-electron chi connectivity index (χ3n) is 5.71. The third kappa shape index (κ3) is 8.69. The van der Waals surface area contributed by atoms with Gasteiger partial charge in [0.25, 0.3) is 0 Å². The highest BCUT2D eigenvalue weighted by Crippen LogP contribution is 2.26. The van der Waals surface area contributed by atoms with Crippen LogP contribution in [0.5, 0.6) is 5.75 Å². The Kier molecular flexibility index (Phi) is 13.4. The van der Waals surface area contributed by atoms with Gasteiger partial charge in [0.05, 0.1) is 18.8 Å². The lowest BCUT2D eigenvalue weighted by molar-refractivity contribution is -0.00400. The molecule has 0 spiro atoms. The van der Waals surface area contributed by atoms with Crippen molar-refractivity contribution in [3.8, 4) is 5.75 Å². The van der Waals surface area contributed by atoms with Crippen molar-refractivity contribution in [1.82, 2.24) is 0 Å². The summed E-state index contributed by atoms with van der Waals surface area (Å²) in [6.07, 6.45) is -1.16. The van der Waals surface area contributed by atoms with E-state index in [1.54, 1.807) is 123 Å². The molecule has 7 heteroatoms. The molecule has 210 valence electrons. The van der Waals surface area contributed by atoms with Crippen LogP contribution in [0.3, 0.4) is 0 Å². The molecule has 4 aromatic rings. The number of para-hydroxylation sites is 1. The van der Waals surface area contributed by atoms with Crippen LogP contribution in [-0.2, 0) is 10.3 Å². The van der Waals surface area contributed by atoms with Gasteiger partial charge in [0.2, 0.25) is 5.78 Å². The number of carbonyl (C=O) groups excluding carboxylic acids is 2. The molecule has 0 amide bonds. The van der Waals surface area contributed by atoms with Gasteiger partial charge in [-0.05, 0) is 30.2 Å². The van der Waals surface area contributed by atoms with Crippen LogP contribution >= 0.6 is 0 Å². The molecule has 0 aliphatic carbocycles. The van der Waals surface area contributed by atoms with Gasteiger partial charge >= 0.3 is 0 Å². The summed E-state index contributed by atoms with van der Waals surface area (Å²) in [5, 5.41) is 29.9. The summed E-state index contributed by atoms with van der Waals surface area (Å²) in [5.41, 5.74) is -0.137. The summed E-state index contributed by atoms with van der Waals surface area (Å²) in [6, 6.07) is 32.8. The average molecular weight is 545 g/mol. The largest absolute Gasteiger partial charge is 0.493 e. The van der Waals surface area contributed by atoms with E-state index in [-0.39, 0.29) is 5.78 Å². The van der Waals surface area contributed by atoms with Crippen molar-refractivity contribution in [2.45, 2.75) is 18.6 Å². The zero-order valence-electron chi connectivity index (χ0n) is 22.9. The Morgan fingerprint density at radius 3 is 1.77 bits per heavy atom. The Morgan fingerprint density at radius 1 is 0.775 bits per heavy atom. The SMILES string of the molecule is CCOc1ccccc1C(=O)C(O)c1ccccc1.COC.O=C(c1ccccc1)C(O)(CO)c1ccccc1.